The largest absolute Gasteiger partial charge is 0.445 e. The van der Waals surface area contributed by atoms with E-state index >= 15 is 0 Å². The van der Waals surface area contributed by atoms with Gasteiger partial charge < -0.3 is 30.3 Å². The minimum absolute atomic E-state index is 0.0251. The molecule has 10 nitrogen and oxygen atoms in total. The zero-order valence-corrected chi connectivity index (χ0v) is 23.0. The number of halogens is 4. The molecule has 2 heterocycles. The highest BCUT2D eigenvalue weighted by Crippen LogP contribution is 2.31. The maximum Gasteiger partial charge on any atom is 0.410 e. The molecule has 4 rings (SSSR count). The van der Waals surface area contributed by atoms with E-state index in [1.165, 1.54) is 31.5 Å². The Labute approximate surface area is 244 Å². The number of hydrogen-bond donors (Lipinski definition) is 3. The van der Waals surface area contributed by atoms with E-state index in [1.54, 1.807) is 42.5 Å². The first kappa shape index (κ1) is 30.6. The molecule has 42 heavy (non-hydrogen) atoms. The van der Waals surface area contributed by atoms with Crippen LogP contribution in [-0.2, 0) is 20.9 Å². The van der Waals surface area contributed by atoms with Crippen LogP contribution in [0.25, 0.3) is 0 Å². The molecule has 1 aliphatic rings. The van der Waals surface area contributed by atoms with E-state index < -0.39 is 48.9 Å². The van der Waals surface area contributed by atoms with Gasteiger partial charge >= 0.3 is 18.3 Å². The van der Waals surface area contributed by atoms with Gasteiger partial charge in [-0.2, -0.15) is 13.2 Å². The van der Waals surface area contributed by atoms with Gasteiger partial charge in [0, 0.05) is 18.3 Å². The van der Waals surface area contributed by atoms with Crippen LogP contribution in [0, 0.1) is 0 Å². The number of alkyl carbamates (subject to hydrolysis) is 1. The first-order chi connectivity index (χ1) is 20.0. The molecular weight excluding hydrogens is 579 g/mol. The van der Waals surface area contributed by atoms with Gasteiger partial charge in [-0.25, -0.2) is 14.6 Å². The number of methoxy groups -OCH3 is 1. The van der Waals surface area contributed by atoms with Gasteiger partial charge in [0.1, 0.15) is 24.5 Å². The van der Waals surface area contributed by atoms with Gasteiger partial charge in [0.05, 0.1) is 19.2 Å². The SMILES string of the molecule is COC[C@H](c1ccnc(NC(=O)[C@@H](NC(=O)OCc2ccccc2)c2cccc(Cl)c2)c1)N1C[C@@H](C(F)(F)F)NC1=O. The third kappa shape index (κ3) is 7.89. The van der Waals surface area contributed by atoms with Crippen molar-refractivity contribution in [1.29, 1.82) is 0 Å². The van der Waals surface area contributed by atoms with E-state index in [0.29, 0.717) is 16.1 Å². The van der Waals surface area contributed by atoms with Crippen molar-refractivity contribution in [3.8, 4) is 0 Å². The third-order valence-electron chi connectivity index (χ3n) is 6.37. The predicted molar refractivity (Wildman–Crippen MR) is 147 cm³/mol. The van der Waals surface area contributed by atoms with Crippen LogP contribution in [-0.4, -0.2) is 60.4 Å². The fourth-order valence-electron chi connectivity index (χ4n) is 4.33. The second-order valence-corrected chi connectivity index (χ2v) is 9.76. The van der Waals surface area contributed by atoms with Crippen molar-refractivity contribution in [2.24, 2.45) is 0 Å². The molecule has 0 unspecified atom stereocenters. The highest BCUT2D eigenvalue weighted by atomic mass is 35.5. The summed E-state index contributed by atoms with van der Waals surface area (Å²) in [7, 11) is 1.35. The van der Waals surface area contributed by atoms with E-state index in [9.17, 15) is 27.6 Å². The Morgan fingerprint density at radius 3 is 2.55 bits per heavy atom. The normalized spacial score (nSPS) is 16.4. The number of benzene rings is 2. The Balaban J connectivity index is 1.52. The minimum Gasteiger partial charge on any atom is -0.445 e. The van der Waals surface area contributed by atoms with Crippen molar-refractivity contribution in [2.75, 3.05) is 25.6 Å². The van der Waals surface area contributed by atoms with Crippen LogP contribution in [0.5, 0.6) is 0 Å². The molecule has 2 aromatic carbocycles. The summed E-state index contributed by atoms with van der Waals surface area (Å²) in [6.45, 7) is -0.762. The summed E-state index contributed by atoms with van der Waals surface area (Å²) >= 11 is 6.12. The van der Waals surface area contributed by atoms with E-state index in [0.717, 1.165) is 10.5 Å². The molecule has 0 spiro atoms. The second kappa shape index (κ2) is 13.5. The Morgan fingerprint density at radius 2 is 1.88 bits per heavy atom. The van der Waals surface area contributed by atoms with Crippen LogP contribution >= 0.6 is 11.6 Å². The molecule has 0 radical (unpaired) electrons. The van der Waals surface area contributed by atoms with Crippen LogP contribution in [0.15, 0.2) is 72.9 Å². The Bertz CT molecular complexity index is 1410. The van der Waals surface area contributed by atoms with Gasteiger partial charge in [-0.05, 0) is 41.0 Å². The van der Waals surface area contributed by atoms with Crippen molar-refractivity contribution in [3.63, 3.8) is 0 Å². The molecule has 3 N–H and O–H groups in total. The van der Waals surface area contributed by atoms with E-state index in [2.05, 4.69) is 15.6 Å². The van der Waals surface area contributed by atoms with Gasteiger partial charge in [0.15, 0.2) is 0 Å². The number of amides is 4. The van der Waals surface area contributed by atoms with E-state index in [-0.39, 0.29) is 19.0 Å². The standard InChI is InChI=1S/C28H27ClF3N5O5/c1-41-16-21(37-14-22(28(30,31)32)34-26(37)39)18-10-11-33-23(13-18)35-25(38)24(19-8-5-9-20(29)12-19)36-27(40)42-15-17-6-3-2-4-7-17/h2-13,21-22,24H,14-16H2,1H3,(H,34,39)(H,36,40)(H,33,35,38)/t21-,22+,24+/m1/s1. The zero-order chi connectivity index (χ0) is 30.3. The number of urea groups is 1. The Kier molecular flexibility index (Phi) is 9.86. The number of nitrogens with zero attached hydrogens (tertiary/aromatic N) is 2. The van der Waals surface area contributed by atoms with Crippen molar-refractivity contribution in [3.05, 3.63) is 94.6 Å². The predicted octanol–water partition coefficient (Wildman–Crippen LogP) is 4.98. The first-order valence-electron chi connectivity index (χ1n) is 12.7. The number of anilines is 1. The highest BCUT2D eigenvalue weighted by Gasteiger charge is 2.48. The fraction of sp³-hybridized carbons (Fsp3) is 0.286. The number of pyridine rings is 1. The molecule has 14 heteroatoms. The van der Waals surface area contributed by atoms with Crippen LogP contribution in [0.4, 0.5) is 28.6 Å². The number of carbonyl (C=O) groups excluding carboxylic acids is 3. The Morgan fingerprint density at radius 1 is 1.12 bits per heavy atom. The van der Waals surface area contributed by atoms with E-state index in [4.69, 9.17) is 21.1 Å². The summed E-state index contributed by atoms with van der Waals surface area (Å²) in [5.74, 6) is -0.671. The first-order valence-corrected chi connectivity index (χ1v) is 13.0. The zero-order valence-electron chi connectivity index (χ0n) is 22.2. The topological polar surface area (TPSA) is 122 Å². The molecule has 1 fully saturated rings. The van der Waals surface area contributed by atoms with Crippen LogP contribution in [0.3, 0.4) is 0 Å². The van der Waals surface area contributed by atoms with Gasteiger partial charge in [0.25, 0.3) is 5.91 Å². The van der Waals surface area contributed by atoms with E-state index in [1.807, 2.05) is 11.4 Å². The maximum absolute atomic E-state index is 13.4. The molecule has 0 bridgehead atoms. The quantitative estimate of drug-likeness (QED) is 0.300. The van der Waals surface area contributed by atoms with Crippen molar-refractivity contribution >= 4 is 35.5 Å². The average Bonchev–Trinajstić information content (AvgIpc) is 3.36. The van der Waals surface area contributed by atoms with Crippen molar-refractivity contribution in [2.45, 2.75) is 30.9 Å². The molecule has 3 atom stereocenters. The number of alkyl halides is 3. The number of hydrogen-bond acceptors (Lipinski definition) is 6. The summed E-state index contributed by atoms with van der Waals surface area (Å²) in [4.78, 5) is 43.6. The van der Waals surface area contributed by atoms with Crippen LogP contribution < -0.4 is 16.0 Å². The van der Waals surface area contributed by atoms with Crippen molar-refractivity contribution < 1.29 is 37.0 Å². The minimum atomic E-state index is -4.62. The molecule has 3 aromatic rings. The summed E-state index contributed by atoms with van der Waals surface area (Å²) in [6, 6.07) is 13.1. The molecule has 1 saturated heterocycles. The molecule has 4 amide bonds. The highest BCUT2D eigenvalue weighted by molar-refractivity contribution is 6.30. The second-order valence-electron chi connectivity index (χ2n) is 9.32. The van der Waals surface area contributed by atoms with Gasteiger partial charge in [-0.3, -0.25) is 4.79 Å². The van der Waals surface area contributed by atoms with Crippen LogP contribution in [0.2, 0.25) is 5.02 Å². The van der Waals surface area contributed by atoms with Gasteiger partial charge in [-0.15, -0.1) is 0 Å². The lowest BCUT2D eigenvalue weighted by atomic mass is 10.1. The lowest BCUT2D eigenvalue weighted by Gasteiger charge is -2.27. The molecule has 1 aliphatic heterocycles. The molecule has 0 aliphatic carbocycles. The number of nitrogens with one attached hydrogen (secondary N) is 3. The number of carbonyl (C=O) groups is 3. The van der Waals surface area contributed by atoms with Crippen LogP contribution in [0.1, 0.15) is 28.8 Å². The lowest BCUT2D eigenvalue weighted by molar-refractivity contribution is -0.150. The number of rotatable bonds is 10. The van der Waals surface area contributed by atoms with Gasteiger partial charge in [0.2, 0.25) is 0 Å². The summed E-state index contributed by atoms with van der Waals surface area (Å²) < 4.78 is 50.2. The Hall–Kier alpha value is -4.36. The number of aromatic nitrogens is 1. The molecule has 222 valence electrons. The summed E-state index contributed by atoms with van der Waals surface area (Å²) in [5.41, 5.74) is 1.47. The summed E-state index contributed by atoms with van der Waals surface area (Å²) in [6.07, 6.45) is -4.15. The third-order valence-corrected chi connectivity index (χ3v) is 6.61. The molecule has 1 aromatic heterocycles. The molecule has 0 saturated carbocycles. The molecular formula is C28H27ClF3N5O5. The lowest BCUT2D eigenvalue weighted by Crippen LogP contribution is -2.40. The van der Waals surface area contributed by atoms with Gasteiger partial charge in [-0.1, -0.05) is 54.1 Å². The van der Waals surface area contributed by atoms with Crippen molar-refractivity contribution in [1.82, 2.24) is 20.5 Å². The summed E-state index contributed by atoms with van der Waals surface area (Å²) in [5, 5.41) is 7.40. The average molecular weight is 606 g/mol. The smallest absolute Gasteiger partial charge is 0.410 e. The number of ether oxygens (including phenoxy) is 2. The monoisotopic (exact) mass is 605 g/mol. The maximum atomic E-state index is 13.4. The fourth-order valence-corrected chi connectivity index (χ4v) is 4.52.